The van der Waals surface area contributed by atoms with E-state index in [4.69, 9.17) is 0 Å². The van der Waals surface area contributed by atoms with Gasteiger partial charge in [-0.25, -0.2) is 0 Å². The molecule has 1 nitrogen and oxygen atoms in total. The maximum Gasteiger partial charge on any atom is 4.00 e. The van der Waals surface area contributed by atoms with Crippen LogP contribution in [0.1, 0.15) is 0 Å². The van der Waals surface area contributed by atoms with Gasteiger partial charge in [0.05, 0.1) is 0 Å². The van der Waals surface area contributed by atoms with Gasteiger partial charge in [-0.1, -0.05) is 19.2 Å². The number of benzene rings is 1. The molecule has 1 N–H and O–H groups in total. The van der Waals surface area contributed by atoms with Gasteiger partial charge in [-0.05, 0) is 8.41 Å². The standard InChI is InChI=1S/C11H11Si.C4H4N.2ClH.Zr/c1-12(2)11-7-9-5-3-4-6-10(9)8-11;1-2-4-5-3-1;;;/h3-7H,1-2H3;1-3,5H;2*1H;/q2*-1;;;+4/p-2. The molecule has 0 spiro atoms. The molecular formula is C15H15Cl2NSiZr. The van der Waals surface area contributed by atoms with E-state index in [-0.39, 0.29) is 59.4 Å². The summed E-state index contributed by atoms with van der Waals surface area (Å²) in [6.45, 7) is 4.60. The summed E-state index contributed by atoms with van der Waals surface area (Å²) in [4.78, 5) is 2.74. The van der Waals surface area contributed by atoms with Crippen LogP contribution < -0.4 is 35.3 Å². The fourth-order valence-electron chi connectivity index (χ4n) is 1.58. The van der Waals surface area contributed by atoms with Gasteiger partial charge in [0.15, 0.2) is 0 Å². The van der Waals surface area contributed by atoms with Crippen molar-refractivity contribution in [3.05, 3.63) is 59.2 Å². The summed E-state index contributed by atoms with van der Waals surface area (Å²) in [5, 5.41) is 4.01. The predicted molar refractivity (Wildman–Crippen MR) is 75.7 cm³/mol. The van der Waals surface area contributed by atoms with Crippen molar-refractivity contribution in [3.8, 4) is 0 Å². The molecule has 102 valence electrons. The Morgan fingerprint density at radius 2 is 1.75 bits per heavy atom. The molecule has 0 atom stereocenters. The summed E-state index contributed by atoms with van der Waals surface area (Å²) in [7, 11) is -0.329. The third-order valence-electron chi connectivity index (χ3n) is 2.51. The van der Waals surface area contributed by atoms with E-state index in [0.717, 1.165) is 0 Å². The van der Waals surface area contributed by atoms with Crippen LogP contribution in [0, 0.1) is 6.20 Å². The van der Waals surface area contributed by atoms with E-state index < -0.39 is 0 Å². The van der Waals surface area contributed by atoms with Crippen LogP contribution in [0.5, 0.6) is 0 Å². The van der Waals surface area contributed by atoms with Crippen molar-refractivity contribution in [2.24, 2.45) is 0 Å². The Balaban J connectivity index is 0. The topological polar surface area (TPSA) is 15.8 Å². The molecule has 1 aliphatic carbocycles. The van der Waals surface area contributed by atoms with Crippen LogP contribution in [-0.4, -0.2) is 18.6 Å². The molecule has 0 radical (unpaired) electrons. The minimum Gasteiger partial charge on any atom is -1.00 e. The van der Waals surface area contributed by atoms with Crippen molar-refractivity contribution in [3.63, 3.8) is 0 Å². The number of H-pyrrole nitrogens is 1. The zero-order chi connectivity index (χ0) is 12.1. The van der Waals surface area contributed by atoms with Crippen LogP contribution in [0.3, 0.4) is 0 Å². The summed E-state index contributed by atoms with van der Waals surface area (Å²) in [5.41, 5.74) is 0. The zero-order valence-electron chi connectivity index (χ0n) is 11.4. The molecule has 0 amide bonds. The first-order valence-electron chi connectivity index (χ1n) is 5.65. The van der Waals surface area contributed by atoms with Gasteiger partial charge in [0, 0.05) is 0 Å². The average Bonchev–Trinajstić information content (AvgIpc) is 3.01. The normalized spacial score (nSPS) is 10.0. The van der Waals surface area contributed by atoms with Crippen molar-refractivity contribution in [2.45, 2.75) is 13.1 Å². The maximum atomic E-state index is 3.44. The Kier molecular flexibility index (Phi) is 12.6. The summed E-state index contributed by atoms with van der Waals surface area (Å²) >= 11 is 0. The molecule has 1 heterocycles. The van der Waals surface area contributed by atoms with Gasteiger partial charge in [0.2, 0.25) is 0 Å². The minimum atomic E-state index is -0.329. The van der Waals surface area contributed by atoms with Gasteiger partial charge < -0.3 is 29.8 Å². The van der Waals surface area contributed by atoms with Crippen molar-refractivity contribution in [2.75, 3.05) is 0 Å². The summed E-state index contributed by atoms with van der Waals surface area (Å²) in [5.74, 6) is 0. The average molecular weight is 400 g/mol. The van der Waals surface area contributed by atoms with Gasteiger partial charge in [-0.15, -0.1) is 40.9 Å². The molecule has 3 rings (SSSR count). The Morgan fingerprint density at radius 1 is 1.05 bits per heavy atom. The van der Waals surface area contributed by atoms with Crippen molar-refractivity contribution < 1.29 is 51.0 Å². The van der Waals surface area contributed by atoms with Crippen LogP contribution in [0.15, 0.2) is 42.6 Å². The molecule has 1 aromatic heterocycles. The van der Waals surface area contributed by atoms with Crippen LogP contribution in [0.2, 0.25) is 13.1 Å². The Morgan fingerprint density at radius 3 is 2.20 bits per heavy atom. The van der Waals surface area contributed by atoms with E-state index in [2.05, 4.69) is 60.7 Å². The van der Waals surface area contributed by atoms with E-state index >= 15 is 0 Å². The van der Waals surface area contributed by atoms with Crippen molar-refractivity contribution in [1.82, 2.24) is 4.98 Å². The molecule has 0 saturated heterocycles. The van der Waals surface area contributed by atoms with Gasteiger partial charge >= 0.3 is 26.2 Å². The first-order valence-corrected chi connectivity index (χ1v) is 8.15. The van der Waals surface area contributed by atoms with Gasteiger partial charge in [-0.2, -0.15) is 29.6 Å². The van der Waals surface area contributed by atoms with Gasteiger partial charge in [0.1, 0.15) is 0 Å². The van der Waals surface area contributed by atoms with Crippen LogP contribution >= 0.6 is 0 Å². The molecule has 0 unspecified atom stereocenters. The molecular weight excluding hydrogens is 384 g/mol. The SMILES string of the molecule is C[Si](C)=C1[C-]=c2ccccc2=C1.[Cl-].[Cl-].[Zr+4].[c-]1ccc[nH]1. The number of hydrogen-bond donors (Lipinski definition) is 1. The molecule has 1 aliphatic rings. The number of aromatic amines is 1. The largest absolute Gasteiger partial charge is 4.00 e. The van der Waals surface area contributed by atoms with E-state index in [9.17, 15) is 0 Å². The fourth-order valence-corrected chi connectivity index (χ4v) is 2.41. The first kappa shape index (κ1) is 22.1. The van der Waals surface area contributed by atoms with E-state index in [1.54, 1.807) is 0 Å². The van der Waals surface area contributed by atoms with E-state index in [0.29, 0.717) is 0 Å². The number of halogens is 2. The van der Waals surface area contributed by atoms with Gasteiger partial charge in [-0.3, -0.25) is 0 Å². The summed E-state index contributed by atoms with van der Waals surface area (Å²) in [6, 6.07) is 12.1. The fraction of sp³-hybridized carbons (Fsp3) is 0.133. The second kappa shape index (κ2) is 11.4. The molecule has 0 saturated carbocycles. The van der Waals surface area contributed by atoms with Gasteiger partial charge in [0.25, 0.3) is 0 Å². The molecule has 0 fully saturated rings. The van der Waals surface area contributed by atoms with Crippen molar-refractivity contribution >= 4 is 25.7 Å². The smallest absolute Gasteiger partial charge is 1.00 e. The molecule has 5 heteroatoms. The van der Waals surface area contributed by atoms with E-state index in [1.807, 2.05) is 18.3 Å². The van der Waals surface area contributed by atoms with Crippen molar-refractivity contribution in [1.29, 1.82) is 0 Å². The first-order chi connectivity index (χ1) is 8.27. The van der Waals surface area contributed by atoms with E-state index in [1.165, 1.54) is 15.6 Å². The molecule has 20 heavy (non-hydrogen) atoms. The molecule has 0 aliphatic heterocycles. The zero-order valence-corrected chi connectivity index (χ0v) is 16.3. The third-order valence-corrected chi connectivity index (χ3v) is 3.86. The Labute approximate surface area is 153 Å². The monoisotopic (exact) mass is 397 g/mol. The quantitative estimate of drug-likeness (QED) is 0.340. The number of aromatic nitrogens is 1. The van der Waals surface area contributed by atoms with Crippen LogP contribution in [0.4, 0.5) is 0 Å². The maximum absolute atomic E-state index is 3.44. The third kappa shape index (κ3) is 6.49. The summed E-state index contributed by atoms with van der Waals surface area (Å²) < 4.78 is 0. The molecule has 1 aromatic carbocycles. The number of rotatable bonds is 0. The Hall–Kier alpha value is -0.210. The second-order valence-electron chi connectivity index (χ2n) is 4.08. The van der Waals surface area contributed by atoms with Crippen LogP contribution in [-0.2, 0) is 26.2 Å². The second-order valence-corrected chi connectivity index (χ2v) is 6.62. The summed E-state index contributed by atoms with van der Waals surface area (Å²) in [6.07, 6.45) is 10.3. The Bertz CT molecular complexity index is 578. The molecule has 2 aromatic rings. The number of fused-ring (bicyclic) bond motifs is 1. The minimum absolute atomic E-state index is 0. The van der Waals surface area contributed by atoms with Crippen LogP contribution in [0.25, 0.3) is 12.2 Å². The number of nitrogens with one attached hydrogen (secondary N) is 1. The molecule has 0 bridgehead atoms. The number of hydrogen-bond acceptors (Lipinski definition) is 0. The predicted octanol–water partition coefficient (Wildman–Crippen LogP) is -4.53.